The van der Waals surface area contributed by atoms with Gasteiger partial charge in [-0.2, -0.15) is 0 Å². The van der Waals surface area contributed by atoms with Gasteiger partial charge < -0.3 is 25.0 Å². The molecule has 0 bridgehead atoms. The maximum absolute atomic E-state index is 13.1. The zero-order valence-corrected chi connectivity index (χ0v) is 23.5. The molecule has 1 unspecified atom stereocenters. The van der Waals surface area contributed by atoms with Gasteiger partial charge in [-0.15, -0.1) is 11.8 Å². The Bertz CT molecular complexity index is 1220. The van der Waals surface area contributed by atoms with Crippen molar-refractivity contribution in [3.8, 4) is 0 Å². The predicted octanol–water partition coefficient (Wildman–Crippen LogP) is 3.30. The van der Waals surface area contributed by atoms with Crippen LogP contribution in [0.5, 0.6) is 0 Å². The van der Waals surface area contributed by atoms with Crippen LogP contribution in [0.2, 0.25) is 10.0 Å². The number of halogens is 2. The van der Waals surface area contributed by atoms with Crippen molar-refractivity contribution in [3.63, 3.8) is 0 Å². The van der Waals surface area contributed by atoms with Gasteiger partial charge in [0.1, 0.15) is 12.1 Å². The van der Waals surface area contributed by atoms with Gasteiger partial charge in [0.2, 0.25) is 11.8 Å². The minimum absolute atomic E-state index is 0.0803. The van der Waals surface area contributed by atoms with Crippen molar-refractivity contribution in [1.29, 1.82) is 0 Å². The molecule has 13 heteroatoms. The third kappa shape index (κ3) is 8.11. The van der Waals surface area contributed by atoms with Gasteiger partial charge in [-0.25, -0.2) is 4.79 Å². The number of carbonyl (C=O) groups excluding carboxylic acids is 5. The van der Waals surface area contributed by atoms with E-state index in [-0.39, 0.29) is 40.8 Å². The number of methoxy groups -OCH3 is 2. The number of carbonyl (C=O) groups is 5. The molecule has 0 saturated carbocycles. The molecular formula is C26H27Cl2N3O7S. The SMILES string of the molecule is COC(=O)CCC(=O)N1CSCC1C(=O)N[C@@H](Cc1ccc(NC(=O)c2c(Cl)cccc2Cl)cc1)C(=O)OC. The molecule has 0 aromatic heterocycles. The molecule has 1 fully saturated rings. The minimum atomic E-state index is -1.01. The van der Waals surface area contributed by atoms with Crippen molar-refractivity contribution in [2.45, 2.75) is 31.3 Å². The van der Waals surface area contributed by atoms with Crippen molar-refractivity contribution >= 4 is 70.3 Å². The summed E-state index contributed by atoms with van der Waals surface area (Å²) in [6.45, 7) is 0. The number of hydrogen-bond acceptors (Lipinski definition) is 8. The van der Waals surface area contributed by atoms with Gasteiger partial charge in [-0.05, 0) is 29.8 Å². The number of ether oxygens (including phenoxy) is 2. The zero-order valence-electron chi connectivity index (χ0n) is 21.2. The Labute approximate surface area is 239 Å². The fourth-order valence-electron chi connectivity index (χ4n) is 3.83. The van der Waals surface area contributed by atoms with E-state index in [9.17, 15) is 24.0 Å². The van der Waals surface area contributed by atoms with E-state index >= 15 is 0 Å². The quantitative estimate of drug-likeness (QED) is 0.400. The Morgan fingerprint density at radius 1 is 1.00 bits per heavy atom. The molecule has 3 rings (SSSR count). The summed E-state index contributed by atoms with van der Waals surface area (Å²) in [6.07, 6.45) is -0.0559. The second-order valence-electron chi connectivity index (χ2n) is 8.49. The first-order chi connectivity index (χ1) is 18.6. The van der Waals surface area contributed by atoms with Gasteiger partial charge in [0, 0.05) is 24.3 Å². The van der Waals surface area contributed by atoms with E-state index in [0.717, 1.165) is 0 Å². The molecule has 2 atom stereocenters. The molecule has 1 aliphatic heterocycles. The highest BCUT2D eigenvalue weighted by atomic mass is 35.5. The summed E-state index contributed by atoms with van der Waals surface area (Å²) < 4.78 is 9.44. The highest BCUT2D eigenvalue weighted by Gasteiger charge is 2.36. The molecule has 1 saturated heterocycles. The molecule has 0 spiro atoms. The summed E-state index contributed by atoms with van der Waals surface area (Å²) in [4.78, 5) is 63.5. The topological polar surface area (TPSA) is 131 Å². The van der Waals surface area contributed by atoms with Crippen LogP contribution in [0.25, 0.3) is 0 Å². The van der Waals surface area contributed by atoms with Crippen LogP contribution in [0.4, 0.5) is 5.69 Å². The lowest BCUT2D eigenvalue weighted by atomic mass is 10.0. The highest BCUT2D eigenvalue weighted by Crippen LogP contribution is 2.26. The van der Waals surface area contributed by atoms with Crippen molar-refractivity contribution < 1.29 is 33.4 Å². The lowest BCUT2D eigenvalue weighted by molar-refractivity contribution is -0.147. The van der Waals surface area contributed by atoms with Gasteiger partial charge in [0.25, 0.3) is 5.91 Å². The fraction of sp³-hybridized carbons (Fsp3) is 0.346. The van der Waals surface area contributed by atoms with Crippen LogP contribution >= 0.6 is 35.0 Å². The van der Waals surface area contributed by atoms with Gasteiger partial charge in [0.05, 0.1) is 42.1 Å². The third-order valence-electron chi connectivity index (χ3n) is 5.92. The summed E-state index contributed by atoms with van der Waals surface area (Å²) in [7, 11) is 2.45. The van der Waals surface area contributed by atoms with E-state index in [2.05, 4.69) is 15.4 Å². The van der Waals surface area contributed by atoms with Crippen LogP contribution in [-0.4, -0.2) is 72.5 Å². The molecule has 0 aliphatic carbocycles. The summed E-state index contributed by atoms with van der Waals surface area (Å²) in [6, 6.07) is 9.64. The van der Waals surface area contributed by atoms with Crippen LogP contribution in [0, 0.1) is 0 Å². The zero-order chi connectivity index (χ0) is 28.5. The third-order valence-corrected chi connectivity index (χ3v) is 7.56. The molecule has 0 radical (unpaired) electrons. The Morgan fingerprint density at radius 2 is 1.67 bits per heavy atom. The van der Waals surface area contributed by atoms with Gasteiger partial charge in [0.15, 0.2) is 0 Å². The molecule has 2 N–H and O–H groups in total. The fourth-order valence-corrected chi connectivity index (χ4v) is 5.58. The normalized spacial score (nSPS) is 15.3. The van der Waals surface area contributed by atoms with Gasteiger partial charge in [-0.1, -0.05) is 41.4 Å². The first-order valence-electron chi connectivity index (χ1n) is 11.8. The molecular weight excluding hydrogens is 569 g/mol. The summed E-state index contributed by atoms with van der Waals surface area (Å²) in [5, 5.41) is 5.85. The van der Waals surface area contributed by atoms with Gasteiger partial charge in [-0.3, -0.25) is 19.2 Å². The lowest BCUT2D eigenvalue weighted by Crippen LogP contribution is -2.52. The van der Waals surface area contributed by atoms with Crippen LogP contribution in [0.3, 0.4) is 0 Å². The Hall–Kier alpha value is -3.28. The van der Waals surface area contributed by atoms with E-state index < -0.39 is 35.8 Å². The van der Waals surface area contributed by atoms with E-state index in [4.69, 9.17) is 27.9 Å². The number of hydrogen-bond donors (Lipinski definition) is 2. The Kier molecular flexibility index (Phi) is 11.0. The number of nitrogens with one attached hydrogen (secondary N) is 2. The summed E-state index contributed by atoms with van der Waals surface area (Å²) >= 11 is 13.6. The summed E-state index contributed by atoms with van der Waals surface area (Å²) in [5.41, 5.74) is 1.31. The predicted molar refractivity (Wildman–Crippen MR) is 148 cm³/mol. The maximum atomic E-state index is 13.1. The van der Waals surface area contributed by atoms with Crippen LogP contribution in [-0.2, 0) is 35.1 Å². The number of nitrogens with zero attached hydrogens (tertiary/aromatic N) is 1. The monoisotopic (exact) mass is 595 g/mol. The molecule has 2 aromatic carbocycles. The van der Waals surface area contributed by atoms with Crippen LogP contribution < -0.4 is 10.6 Å². The van der Waals surface area contributed by atoms with Crippen molar-refractivity contribution in [2.24, 2.45) is 0 Å². The molecule has 1 heterocycles. The van der Waals surface area contributed by atoms with E-state index in [1.54, 1.807) is 42.5 Å². The van der Waals surface area contributed by atoms with E-state index in [0.29, 0.717) is 22.9 Å². The van der Waals surface area contributed by atoms with Crippen LogP contribution in [0.1, 0.15) is 28.8 Å². The first-order valence-corrected chi connectivity index (χ1v) is 13.7. The number of benzene rings is 2. The van der Waals surface area contributed by atoms with Crippen molar-refractivity contribution in [3.05, 3.63) is 63.6 Å². The minimum Gasteiger partial charge on any atom is -0.469 e. The standard InChI is InChI=1S/C26H27Cl2N3O7S/c1-37-22(33)11-10-21(32)31-14-39-13-20(31)24(34)30-19(26(36)38-2)12-15-6-8-16(9-7-15)29-25(35)23-17(27)4-3-5-18(23)28/h3-9,19-20H,10-14H2,1-2H3,(H,29,35)(H,30,34)/t19-,20?/m0/s1. The second-order valence-corrected chi connectivity index (χ2v) is 10.3. The molecule has 2 aromatic rings. The average molecular weight is 596 g/mol. The van der Waals surface area contributed by atoms with Crippen molar-refractivity contribution in [1.82, 2.24) is 10.2 Å². The second kappa shape index (κ2) is 14.2. The van der Waals surface area contributed by atoms with E-state index in [1.165, 1.54) is 30.9 Å². The lowest BCUT2D eigenvalue weighted by Gasteiger charge is -2.25. The number of esters is 2. The molecule has 3 amide bonds. The highest BCUT2D eigenvalue weighted by molar-refractivity contribution is 7.99. The van der Waals surface area contributed by atoms with Crippen LogP contribution in [0.15, 0.2) is 42.5 Å². The number of anilines is 1. The smallest absolute Gasteiger partial charge is 0.328 e. The van der Waals surface area contributed by atoms with E-state index in [1.807, 2.05) is 0 Å². The molecule has 1 aliphatic rings. The first kappa shape index (κ1) is 30.3. The maximum Gasteiger partial charge on any atom is 0.328 e. The Morgan fingerprint density at radius 3 is 2.28 bits per heavy atom. The number of thioether (sulfide) groups is 1. The molecule has 39 heavy (non-hydrogen) atoms. The number of rotatable bonds is 10. The molecule has 208 valence electrons. The van der Waals surface area contributed by atoms with Gasteiger partial charge >= 0.3 is 11.9 Å². The largest absolute Gasteiger partial charge is 0.469 e. The average Bonchev–Trinajstić information content (AvgIpc) is 3.42. The summed E-state index contributed by atoms with van der Waals surface area (Å²) in [5.74, 6) is -1.83. The van der Waals surface area contributed by atoms with Crippen molar-refractivity contribution in [2.75, 3.05) is 31.2 Å². The number of amides is 3. The Balaban J connectivity index is 1.64. The molecule has 10 nitrogen and oxygen atoms in total.